The van der Waals surface area contributed by atoms with Gasteiger partial charge in [-0.15, -0.1) is 0 Å². The Labute approximate surface area is 97.5 Å². The smallest absolute Gasteiger partial charge is 0.0540 e. The van der Waals surface area contributed by atoms with Crippen molar-refractivity contribution in [1.29, 1.82) is 0 Å². The molecule has 0 spiro atoms. The summed E-state index contributed by atoms with van der Waals surface area (Å²) in [5.41, 5.74) is 1.30. The van der Waals surface area contributed by atoms with Crippen LogP contribution in [0.15, 0.2) is 18.3 Å². The third kappa shape index (κ3) is 2.47. The Kier molecular flexibility index (Phi) is 3.66. The minimum absolute atomic E-state index is 0.0669. The predicted octanol–water partition coefficient (Wildman–Crippen LogP) is 2.17. The second kappa shape index (κ2) is 5.02. The van der Waals surface area contributed by atoms with Crippen LogP contribution in [-0.4, -0.2) is 35.2 Å². The molecule has 2 rings (SSSR count). The van der Waals surface area contributed by atoms with Crippen molar-refractivity contribution in [3.05, 3.63) is 24.0 Å². The van der Waals surface area contributed by atoms with Crippen LogP contribution in [0.4, 0.5) is 0 Å². The SMILES string of the molecule is CN(C)C(c1ccc[nH]1)C1CCC(O)CC1. The van der Waals surface area contributed by atoms with Crippen molar-refractivity contribution < 1.29 is 5.11 Å². The lowest BCUT2D eigenvalue weighted by atomic mass is 9.81. The maximum absolute atomic E-state index is 9.56. The van der Waals surface area contributed by atoms with Gasteiger partial charge in [-0.05, 0) is 57.8 Å². The molecule has 0 saturated heterocycles. The summed E-state index contributed by atoms with van der Waals surface area (Å²) >= 11 is 0. The van der Waals surface area contributed by atoms with Crippen LogP contribution in [0.3, 0.4) is 0 Å². The van der Waals surface area contributed by atoms with Crippen molar-refractivity contribution in [2.45, 2.75) is 37.8 Å². The van der Waals surface area contributed by atoms with Gasteiger partial charge in [-0.2, -0.15) is 0 Å². The third-order valence-electron chi connectivity index (χ3n) is 3.68. The summed E-state index contributed by atoms with van der Waals surface area (Å²) in [6, 6.07) is 4.68. The zero-order valence-corrected chi connectivity index (χ0v) is 10.2. The van der Waals surface area contributed by atoms with E-state index in [1.165, 1.54) is 5.69 Å². The highest BCUT2D eigenvalue weighted by atomic mass is 16.3. The molecule has 1 aliphatic rings. The topological polar surface area (TPSA) is 39.3 Å². The van der Waals surface area contributed by atoms with Gasteiger partial charge < -0.3 is 15.0 Å². The predicted molar refractivity (Wildman–Crippen MR) is 65.2 cm³/mol. The summed E-state index contributed by atoms with van der Waals surface area (Å²) in [7, 11) is 4.27. The first-order chi connectivity index (χ1) is 7.68. The maximum atomic E-state index is 9.56. The van der Waals surface area contributed by atoms with Crippen LogP contribution < -0.4 is 0 Å². The molecule has 0 aliphatic heterocycles. The highest BCUT2D eigenvalue weighted by molar-refractivity contribution is 5.10. The third-order valence-corrected chi connectivity index (χ3v) is 3.68. The number of hydrogen-bond acceptors (Lipinski definition) is 2. The fourth-order valence-corrected chi connectivity index (χ4v) is 2.90. The van der Waals surface area contributed by atoms with Crippen LogP contribution >= 0.6 is 0 Å². The Morgan fingerprint density at radius 3 is 2.50 bits per heavy atom. The average Bonchev–Trinajstić information content (AvgIpc) is 2.74. The van der Waals surface area contributed by atoms with Gasteiger partial charge >= 0.3 is 0 Å². The Morgan fingerprint density at radius 2 is 2.00 bits per heavy atom. The molecule has 90 valence electrons. The number of aromatic nitrogens is 1. The fraction of sp³-hybridized carbons (Fsp3) is 0.692. The molecule has 3 heteroatoms. The van der Waals surface area contributed by atoms with Gasteiger partial charge in [0.2, 0.25) is 0 Å². The molecule has 0 aromatic carbocycles. The van der Waals surface area contributed by atoms with E-state index < -0.39 is 0 Å². The van der Waals surface area contributed by atoms with Crippen molar-refractivity contribution in [2.75, 3.05) is 14.1 Å². The fourth-order valence-electron chi connectivity index (χ4n) is 2.90. The first-order valence-electron chi connectivity index (χ1n) is 6.16. The molecule has 3 nitrogen and oxygen atoms in total. The number of aromatic amines is 1. The maximum Gasteiger partial charge on any atom is 0.0540 e. The van der Waals surface area contributed by atoms with Gasteiger partial charge in [0.1, 0.15) is 0 Å². The van der Waals surface area contributed by atoms with E-state index in [-0.39, 0.29) is 6.10 Å². The molecule has 0 radical (unpaired) electrons. The number of aliphatic hydroxyl groups is 1. The van der Waals surface area contributed by atoms with Crippen molar-refractivity contribution in [3.63, 3.8) is 0 Å². The molecule has 1 aliphatic carbocycles. The van der Waals surface area contributed by atoms with E-state index in [0.717, 1.165) is 25.7 Å². The van der Waals surface area contributed by atoms with E-state index in [1.807, 2.05) is 6.20 Å². The summed E-state index contributed by atoms with van der Waals surface area (Å²) in [4.78, 5) is 5.61. The first-order valence-corrected chi connectivity index (χ1v) is 6.16. The lowest BCUT2D eigenvalue weighted by molar-refractivity contribution is 0.0769. The van der Waals surface area contributed by atoms with Crippen molar-refractivity contribution in [1.82, 2.24) is 9.88 Å². The standard InChI is InChI=1S/C13H22N2O/c1-15(2)13(12-4-3-9-14-12)10-5-7-11(16)8-6-10/h3-4,9-11,13-14,16H,5-8H2,1-2H3. The Hall–Kier alpha value is -0.800. The van der Waals surface area contributed by atoms with Gasteiger partial charge in [-0.3, -0.25) is 0 Å². The van der Waals surface area contributed by atoms with Crippen LogP contribution in [-0.2, 0) is 0 Å². The highest BCUT2D eigenvalue weighted by Crippen LogP contribution is 2.36. The monoisotopic (exact) mass is 222 g/mol. The average molecular weight is 222 g/mol. The summed E-state index contributed by atoms with van der Waals surface area (Å²) < 4.78 is 0. The molecule has 1 atom stereocenters. The van der Waals surface area contributed by atoms with E-state index in [0.29, 0.717) is 12.0 Å². The molecule has 1 aromatic rings. The molecule has 2 N–H and O–H groups in total. The lowest BCUT2D eigenvalue weighted by Gasteiger charge is -2.35. The van der Waals surface area contributed by atoms with Crippen molar-refractivity contribution in [2.24, 2.45) is 5.92 Å². The normalized spacial score (nSPS) is 28.2. The molecule has 1 fully saturated rings. The molecule has 16 heavy (non-hydrogen) atoms. The van der Waals surface area contributed by atoms with E-state index in [2.05, 4.69) is 36.1 Å². The Balaban J connectivity index is 2.08. The Morgan fingerprint density at radius 1 is 1.31 bits per heavy atom. The number of nitrogens with zero attached hydrogens (tertiary/aromatic N) is 1. The number of aliphatic hydroxyl groups excluding tert-OH is 1. The van der Waals surface area contributed by atoms with Crippen LogP contribution in [0.25, 0.3) is 0 Å². The lowest BCUT2D eigenvalue weighted by Crippen LogP contribution is -2.31. The van der Waals surface area contributed by atoms with Crippen LogP contribution in [0.1, 0.15) is 37.4 Å². The quantitative estimate of drug-likeness (QED) is 0.822. The van der Waals surface area contributed by atoms with Gasteiger partial charge in [-0.1, -0.05) is 0 Å². The molecule has 1 heterocycles. The van der Waals surface area contributed by atoms with Crippen LogP contribution in [0, 0.1) is 5.92 Å². The van der Waals surface area contributed by atoms with Crippen molar-refractivity contribution >= 4 is 0 Å². The van der Waals surface area contributed by atoms with E-state index in [4.69, 9.17) is 0 Å². The first kappa shape index (κ1) is 11.7. The molecule has 0 amide bonds. The Bertz CT molecular complexity index is 300. The van der Waals surface area contributed by atoms with Gasteiger partial charge in [0.05, 0.1) is 12.1 Å². The highest BCUT2D eigenvalue weighted by Gasteiger charge is 2.29. The minimum Gasteiger partial charge on any atom is -0.393 e. The molecule has 1 aromatic heterocycles. The summed E-state index contributed by atoms with van der Waals surface area (Å²) in [5, 5.41) is 9.56. The molecule has 1 saturated carbocycles. The van der Waals surface area contributed by atoms with Gasteiger partial charge in [0, 0.05) is 11.9 Å². The van der Waals surface area contributed by atoms with E-state index in [1.54, 1.807) is 0 Å². The van der Waals surface area contributed by atoms with E-state index >= 15 is 0 Å². The molecular formula is C13H22N2O. The van der Waals surface area contributed by atoms with Crippen LogP contribution in [0.5, 0.6) is 0 Å². The largest absolute Gasteiger partial charge is 0.393 e. The summed E-state index contributed by atoms with van der Waals surface area (Å²) in [6.07, 6.45) is 6.09. The second-order valence-corrected chi connectivity index (χ2v) is 5.10. The molecule has 0 bridgehead atoms. The number of hydrogen-bond donors (Lipinski definition) is 2. The van der Waals surface area contributed by atoms with Crippen molar-refractivity contribution in [3.8, 4) is 0 Å². The minimum atomic E-state index is -0.0669. The number of H-pyrrole nitrogens is 1. The number of rotatable bonds is 3. The zero-order valence-electron chi connectivity index (χ0n) is 10.2. The molecule has 1 unspecified atom stereocenters. The van der Waals surface area contributed by atoms with E-state index in [9.17, 15) is 5.11 Å². The summed E-state index contributed by atoms with van der Waals surface area (Å²) in [6.45, 7) is 0. The van der Waals surface area contributed by atoms with Gasteiger partial charge in [-0.25, -0.2) is 0 Å². The van der Waals surface area contributed by atoms with Crippen LogP contribution in [0.2, 0.25) is 0 Å². The molecular weight excluding hydrogens is 200 g/mol. The summed E-state index contributed by atoms with van der Waals surface area (Å²) in [5.74, 6) is 0.664. The van der Waals surface area contributed by atoms with Gasteiger partial charge in [0.25, 0.3) is 0 Å². The van der Waals surface area contributed by atoms with Gasteiger partial charge in [0.15, 0.2) is 0 Å². The zero-order chi connectivity index (χ0) is 11.5. The second-order valence-electron chi connectivity index (χ2n) is 5.10. The number of nitrogens with one attached hydrogen (secondary N) is 1.